The second-order valence-corrected chi connectivity index (χ2v) is 6.23. The second-order valence-electron chi connectivity index (χ2n) is 6.23. The molecule has 0 saturated heterocycles. The largest absolute Gasteiger partial charge is 0.341 e. The number of hydrogen-bond donors (Lipinski definition) is 1. The first-order valence-electron chi connectivity index (χ1n) is 7.20. The smallest absolute Gasteiger partial charge is 0.226 e. The van der Waals surface area contributed by atoms with Crippen molar-refractivity contribution in [3.05, 3.63) is 0 Å². The maximum Gasteiger partial charge on any atom is 0.226 e. The Morgan fingerprint density at radius 2 is 1.82 bits per heavy atom. The third kappa shape index (κ3) is 1.99. The standard InChI is InChI=1S/C14H24N2O/c1-16(12(8-15)9-6-7-9)14(17)13-10-4-2-3-5-11(10)13/h9-13H,2-8,15H2,1H3. The van der Waals surface area contributed by atoms with Gasteiger partial charge in [-0.15, -0.1) is 0 Å². The lowest BCUT2D eigenvalue weighted by molar-refractivity contribution is -0.134. The van der Waals surface area contributed by atoms with Gasteiger partial charge in [-0.05, 0) is 43.4 Å². The van der Waals surface area contributed by atoms with Gasteiger partial charge < -0.3 is 10.6 Å². The van der Waals surface area contributed by atoms with E-state index in [1.807, 2.05) is 11.9 Å². The summed E-state index contributed by atoms with van der Waals surface area (Å²) in [7, 11) is 1.97. The molecule has 3 atom stereocenters. The van der Waals surface area contributed by atoms with Crippen molar-refractivity contribution in [1.82, 2.24) is 4.90 Å². The highest BCUT2D eigenvalue weighted by Gasteiger charge is 2.56. The van der Waals surface area contributed by atoms with Crippen LogP contribution in [0.3, 0.4) is 0 Å². The first-order valence-corrected chi connectivity index (χ1v) is 7.20. The van der Waals surface area contributed by atoms with Gasteiger partial charge in [0.15, 0.2) is 0 Å². The summed E-state index contributed by atoms with van der Waals surface area (Å²) in [6.45, 7) is 0.634. The molecule has 3 saturated carbocycles. The molecule has 3 aliphatic carbocycles. The van der Waals surface area contributed by atoms with Crippen LogP contribution in [-0.4, -0.2) is 30.4 Å². The minimum absolute atomic E-state index is 0.310. The summed E-state index contributed by atoms with van der Waals surface area (Å²) in [6.07, 6.45) is 7.75. The molecule has 3 fully saturated rings. The third-order valence-corrected chi connectivity index (χ3v) is 5.19. The van der Waals surface area contributed by atoms with Crippen LogP contribution in [0.15, 0.2) is 0 Å². The van der Waals surface area contributed by atoms with E-state index in [9.17, 15) is 4.79 Å². The molecule has 2 N–H and O–H groups in total. The lowest BCUT2D eigenvalue weighted by Crippen LogP contribution is -2.44. The number of rotatable bonds is 4. The molecular formula is C14H24N2O. The summed E-state index contributed by atoms with van der Waals surface area (Å²) in [4.78, 5) is 14.5. The van der Waals surface area contributed by atoms with Gasteiger partial charge >= 0.3 is 0 Å². The van der Waals surface area contributed by atoms with Crippen molar-refractivity contribution in [2.45, 2.75) is 44.6 Å². The molecule has 0 bridgehead atoms. The molecule has 3 heteroatoms. The second kappa shape index (κ2) is 4.27. The highest BCUT2D eigenvalue weighted by atomic mass is 16.2. The Labute approximate surface area is 104 Å². The Morgan fingerprint density at radius 3 is 2.29 bits per heavy atom. The topological polar surface area (TPSA) is 46.3 Å². The Balaban J connectivity index is 1.61. The molecule has 0 aromatic carbocycles. The Bertz CT molecular complexity index is 301. The SMILES string of the molecule is CN(C(=O)C1C2CCCCC21)C(CN)C1CC1. The molecule has 0 aliphatic heterocycles. The highest BCUT2D eigenvalue weighted by Crippen LogP contribution is 2.56. The van der Waals surface area contributed by atoms with Gasteiger partial charge in [0.1, 0.15) is 0 Å². The van der Waals surface area contributed by atoms with Gasteiger partial charge in [-0.25, -0.2) is 0 Å². The zero-order chi connectivity index (χ0) is 12.0. The fourth-order valence-corrected chi connectivity index (χ4v) is 3.90. The van der Waals surface area contributed by atoms with Crippen molar-refractivity contribution in [1.29, 1.82) is 0 Å². The van der Waals surface area contributed by atoms with E-state index < -0.39 is 0 Å². The van der Waals surface area contributed by atoms with Gasteiger partial charge in [0.2, 0.25) is 5.91 Å². The van der Waals surface area contributed by atoms with Crippen LogP contribution in [0, 0.1) is 23.7 Å². The molecule has 3 rings (SSSR count). The summed E-state index contributed by atoms with van der Waals surface area (Å²) >= 11 is 0. The van der Waals surface area contributed by atoms with E-state index in [2.05, 4.69) is 0 Å². The van der Waals surface area contributed by atoms with Crippen LogP contribution >= 0.6 is 0 Å². The van der Waals surface area contributed by atoms with Gasteiger partial charge in [0.25, 0.3) is 0 Å². The van der Waals surface area contributed by atoms with Gasteiger partial charge in [-0.3, -0.25) is 4.79 Å². The van der Waals surface area contributed by atoms with Crippen LogP contribution in [0.4, 0.5) is 0 Å². The van der Waals surface area contributed by atoms with Crippen molar-refractivity contribution in [2.75, 3.05) is 13.6 Å². The van der Waals surface area contributed by atoms with Crippen LogP contribution in [-0.2, 0) is 4.79 Å². The predicted octanol–water partition coefficient (Wildman–Crippen LogP) is 1.62. The van der Waals surface area contributed by atoms with E-state index in [4.69, 9.17) is 5.73 Å². The predicted molar refractivity (Wildman–Crippen MR) is 67.3 cm³/mol. The molecule has 0 radical (unpaired) electrons. The number of carbonyl (C=O) groups excluding carboxylic acids is 1. The normalized spacial score (nSPS) is 37.2. The molecule has 1 amide bonds. The van der Waals surface area contributed by atoms with Crippen LogP contribution < -0.4 is 5.73 Å². The lowest BCUT2D eigenvalue weighted by atomic mass is 10.0. The number of fused-ring (bicyclic) bond motifs is 1. The maximum absolute atomic E-state index is 12.5. The number of amides is 1. The first kappa shape index (κ1) is 11.5. The zero-order valence-electron chi connectivity index (χ0n) is 10.8. The number of nitrogens with two attached hydrogens (primary N) is 1. The first-order chi connectivity index (χ1) is 8.24. The van der Waals surface area contributed by atoms with Gasteiger partial charge in [0, 0.05) is 25.6 Å². The highest BCUT2D eigenvalue weighted by molar-refractivity contribution is 5.82. The lowest BCUT2D eigenvalue weighted by Gasteiger charge is -2.27. The Morgan fingerprint density at radius 1 is 1.24 bits per heavy atom. The quantitative estimate of drug-likeness (QED) is 0.806. The fraction of sp³-hybridized carbons (Fsp3) is 0.929. The summed E-state index contributed by atoms with van der Waals surface area (Å²) in [5, 5.41) is 0. The van der Waals surface area contributed by atoms with Crippen molar-refractivity contribution in [3.63, 3.8) is 0 Å². The van der Waals surface area contributed by atoms with Gasteiger partial charge in [-0.1, -0.05) is 12.8 Å². The molecule has 0 aromatic rings. The summed E-state index contributed by atoms with van der Waals surface area (Å²) in [6, 6.07) is 0.310. The fourth-order valence-electron chi connectivity index (χ4n) is 3.90. The summed E-state index contributed by atoms with van der Waals surface area (Å²) in [5.74, 6) is 2.88. The van der Waals surface area contributed by atoms with E-state index >= 15 is 0 Å². The molecule has 0 spiro atoms. The molecule has 3 aliphatic rings. The Hall–Kier alpha value is -0.570. The van der Waals surface area contributed by atoms with Crippen molar-refractivity contribution in [3.8, 4) is 0 Å². The monoisotopic (exact) mass is 236 g/mol. The number of hydrogen-bond acceptors (Lipinski definition) is 2. The average molecular weight is 236 g/mol. The van der Waals surface area contributed by atoms with Gasteiger partial charge in [-0.2, -0.15) is 0 Å². The maximum atomic E-state index is 12.5. The average Bonchev–Trinajstić information content (AvgIpc) is 3.23. The molecule has 96 valence electrons. The summed E-state index contributed by atoms with van der Waals surface area (Å²) < 4.78 is 0. The minimum Gasteiger partial charge on any atom is -0.341 e. The number of nitrogens with zero attached hydrogens (tertiary/aromatic N) is 1. The van der Waals surface area contributed by atoms with Crippen LogP contribution in [0.2, 0.25) is 0 Å². The Kier molecular flexibility index (Phi) is 2.89. The number of likely N-dealkylation sites (N-methyl/N-ethyl adjacent to an activating group) is 1. The molecule has 3 unspecified atom stereocenters. The molecule has 3 nitrogen and oxygen atoms in total. The molecule has 17 heavy (non-hydrogen) atoms. The van der Waals surface area contributed by atoms with Crippen molar-refractivity contribution < 1.29 is 4.79 Å². The van der Waals surface area contributed by atoms with Gasteiger partial charge in [0.05, 0.1) is 0 Å². The van der Waals surface area contributed by atoms with Crippen LogP contribution in [0.5, 0.6) is 0 Å². The van der Waals surface area contributed by atoms with Crippen molar-refractivity contribution in [2.24, 2.45) is 29.4 Å². The summed E-state index contributed by atoms with van der Waals surface area (Å²) in [5.41, 5.74) is 5.83. The van der Waals surface area contributed by atoms with E-state index in [-0.39, 0.29) is 0 Å². The zero-order valence-corrected chi connectivity index (χ0v) is 10.8. The van der Waals surface area contributed by atoms with E-state index in [1.54, 1.807) is 0 Å². The molecular weight excluding hydrogens is 212 g/mol. The molecule has 0 aromatic heterocycles. The third-order valence-electron chi connectivity index (χ3n) is 5.19. The van der Waals surface area contributed by atoms with E-state index in [0.717, 1.165) is 11.8 Å². The van der Waals surface area contributed by atoms with Crippen molar-refractivity contribution >= 4 is 5.91 Å². The van der Waals surface area contributed by atoms with Crippen LogP contribution in [0.1, 0.15) is 38.5 Å². The van der Waals surface area contributed by atoms with Crippen LogP contribution in [0.25, 0.3) is 0 Å². The molecule has 0 heterocycles. The van der Waals surface area contributed by atoms with E-state index in [1.165, 1.54) is 38.5 Å². The number of carbonyl (C=O) groups is 1. The van der Waals surface area contributed by atoms with E-state index in [0.29, 0.717) is 30.3 Å². The minimum atomic E-state index is 0.310.